The number of nitrogens with one attached hydrogen (secondary N) is 3. The van der Waals surface area contributed by atoms with Crippen LogP contribution in [0.3, 0.4) is 0 Å². The number of aromatic amines is 1. The monoisotopic (exact) mass is 245 g/mol. The van der Waals surface area contributed by atoms with Crippen molar-refractivity contribution in [1.29, 1.82) is 0 Å². The second-order valence-electron chi connectivity index (χ2n) is 5.11. The number of H-pyrrole nitrogens is 1. The zero-order valence-electron chi connectivity index (χ0n) is 11.7. The van der Waals surface area contributed by atoms with E-state index in [1.54, 1.807) is 0 Å². The topological polar surface area (TPSA) is 39.8 Å². The fraction of sp³-hybridized carbons (Fsp3) is 0.467. The predicted molar refractivity (Wildman–Crippen MR) is 78.0 cm³/mol. The van der Waals surface area contributed by atoms with Gasteiger partial charge in [0.05, 0.1) is 0 Å². The highest BCUT2D eigenvalue weighted by molar-refractivity contribution is 5.85. The lowest BCUT2D eigenvalue weighted by Crippen LogP contribution is -2.33. The number of likely N-dealkylation sites (N-methyl/N-ethyl adjacent to an activating group) is 1. The third kappa shape index (κ3) is 2.57. The van der Waals surface area contributed by atoms with Gasteiger partial charge in [-0.2, -0.15) is 0 Å². The lowest BCUT2D eigenvalue weighted by Gasteiger charge is -2.19. The first kappa shape index (κ1) is 13.1. The lowest BCUT2D eigenvalue weighted by atomic mass is 10.0. The molecule has 98 valence electrons. The highest BCUT2D eigenvalue weighted by Crippen LogP contribution is 2.27. The molecule has 0 saturated carbocycles. The Morgan fingerprint density at radius 1 is 1.22 bits per heavy atom. The Labute approximate surface area is 109 Å². The molecule has 0 aliphatic rings. The second-order valence-corrected chi connectivity index (χ2v) is 5.11. The van der Waals surface area contributed by atoms with Crippen LogP contribution in [0.15, 0.2) is 24.3 Å². The maximum absolute atomic E-state index is 3.50. The minimum atomic E-state index is 0.337. The molecule has 3 heteroatoms. The Kier molecular flexibility index (Phi) is 4.04. The molecule has 0 fully saturated rings. The summed E-state index contributed by atoms with van der Waals surface area (Å²) in [6.07, 6.45) is 0. The van der Waals surface area contributed by atoms with E-state index in [4.69, 9.17) is 0 Å². The number of hydrogen-bond acceptors (Lipinski definition) is 2. The first-order valence-corrected chi connectivity index (χ1v) is 6.61. The van der Waals surface area contributed by atoms with Crippen molar-refractivity contribution in [2.75, 3.05) is 13.6 Å². The molecule has 0 radical (unpaired) electrons. The Morgan fingerprint density at radius 3 is 2.61 bits per heavy atom. The van der Waals surface area contributed by atoms with Gasteiger partial charge in [0.25, 0.3) is 0 Å². The number of hydrogen-bond donors (Lipinski definition) is 3. The summed E-state index contributed by atoms with van der Waals surface area (Å²) < 4.78 is 0. The van der Waals surface area contributed by atoms with Crippen LogP contribution in [0.25, 0.3) is 10.9 Å². The van der Waals surface area contributed by atoms with E-state index in [2.05, 4.69) is 60.7 Å². The van der Waals surface area contributed by atoms with Crippen LogP contribution < -0.4 is 10.6 Å². The summed E-state index contributed by atoms with van der Waals surface area (Å²) >= 11 is 0. The molecular formula is C15H23N3. The van der Waals surface area contributed by atoms with E-state index in [-0.39, 0.29) is 0 Å². The van der Waals surface area contributed by atoms with Gasteiger partial charge in [-0.25, -0.2) is 0 Å². The van der Waals surface area contributed by atoms with Crippen LogP contribution in [-0.4, -0.2) is 24.6 Å². The predicted octanol–water partition coefficient (Wildman–Crippen LogP) is 2.73. The SMILES string of the molecule is CNC(CNC(C)C)c1c(C)[nH]c2ccccc12. The van der Waals surface area contributed by atoms with Gasteiger partial charge in [-0.15, -0.1) is 0 Å². The van der Waals surface area contributed by atoms with E-state index >= 15 is 0 Å². The van der Waals surface area contributed by atoms with E-state index in [0.717, 1.165) is 6.54 Å². The van der Waals surface area contributed by atoms with Gasteiger partial charge in [0.2, 0.25) is 0 Å². The smallest absolute Gasteiger partial charge is 0.0468 e. The number of aromatic nitrogens is 1. The van der Waals surface area contributed by atoms with Gasteiger partial charge in [-0.05, 0) is 25.6 Å². The third-order valence-corrected chi connectivity index (χ3v) is 3.37. The largest absolute Gasteiger partial charge is 0.358 e. The molecule has 0 aliphatic heterocycles. The van der Waals surface area contributed by atoms with E-state index in [9.17, 15) is 0 Å². The van der Waals surface area contributed by atoms with Crippen LogP contribution in [0.5, 0.6) is 0 Å². The summed E-state index contributed by atoms with van der Waals surface area (Å²) in [7, 11) is 2.02. The third-order valence-electron chi connectivity index (χ3n) is 3.37. The Balaban J connectivity index is 2.35. The van der Waals surface area contributed by atoms with Crippen molar-refractivity contribution >= 4 is 10.9 Å². The molecule has 0 aliphatic carbocycles. The number of benzene rings is 1. The van der Waals surface area contributed by atoms with Crippen LogP contribution in [0.4, 0.5) is 0 Å². The molecule has 0 saturated heterocycles. The standard InChI is InChI=1S/C15H23N3/c1-10(2)17-9-14(16-4)15-11(3)18-13-8-6-5-7-12(13)15/h5-8,10,14,16-18H,9H2,1-4H3. The van der Waals surface area contributed by atoms with Gasteiger partial charge < -0.3 is 15.6 Å². The summed E-state index contributed by atoms with van der Waals surface area (Å²) in [6, 6.07) is 9.34. The summed E-state index contributed by atoms with van der Waals surface area (Å²) in [5, 5.41) is 8.23. The Hall–Kier alpha value is -1.32. The fourth-order valence-electron chi connectivity index (χ4n) is 2.45. The van der Waals surface area contributed by atoms with Crippen molar-refractivity contribution in [3.05, 3.63) is 35.5 Å². The molecule has 1 aromatic heterocycles. The zero-order valence-corrected chi connectivity index (χ0v) is 11.7. The zero-order chi connectivity index (χ0) is 13.1. The number of para-hydroxylation sites is 1. The highest BCUT2D eigenvalue weighted by Gasteiger charge is 2.17. The van der Waals surface area contributed by atoms with E-state index in [1.165, 1.54) is 22.2 Å². The van der Waals surface area contributed by atoms with Crippen LogP contribution in [0, 0.1) is 6.92 Å². The van der Waals surface area contributed by atoms with E-state index in [1.807, 2.05) is 7.05 Å². The molecule has 3 nitrogen and oxygen atoms in total. The van der Waals surface area contributed by atoms with Crippen molar-refractivity contribution in [2.24, 2.45) is 0 Å². The first-order chi connectivity index (χ1) is 8.63. The number of fused-ring (bicyclic) bond motifs is 1. The molecular weight excluding hydrogens is 222 g/mol. The van der Waals surface area contributed by atoms with Gasteiger partial charge in [-0.3, -0.25) is 0 Å². The van der Waals surface area contributed by atoms with Crippen LogP contribution in [0.1, 0.15) is 31.1 Å². The van der Waals surface area contributed by atoms with Gasteiger partial charge in [0, 0.05) is 35.2 Å². The molecule has 0 spiro atoms. The average molecular weight is 245 g/mol. The molecule has 18 heavy (non-hydrogen) atoms. The quantitative estimate of drug-likeness (QED) is 0.758. The molecule has 0 amide bonds. The average Bonchev–Trinajstić information content (AvgIpc) is 2.67. The summed E-state index contributed by atoms with van der Waals surface area (Å²) in [6.45, 7) is 7.44. The molecule has 1 atom stereocenters. The van der Waals surface area contributed by atoms with Gasteiger partial charge in [0.1, 0.15) is 0 Å². The molecule has 2 rings (SSSR count). The normalized spacial score (nSPS) is 13.4. The fourth-order valence-corrected chi connectivity index (χ4v) is 2.45. The van der Waals surface area contributed by atoms with Gasteiger partial charge in [-0.1, -0.05) is 32.0 Å². The van der Waals surface area contributed by atoms with Crippen LogP contribution in [-0.2, 0) is 0 Å². The van der Waals surface area contributed by atoms with Crippen molar-refractivity contribution in [3.63, 3.8) is 0 Å². The van der Waals surface area contributed by atoms with Crippen molar-refractivity contribution < 1.29 is 0 Å². The van der Waals surface area contributed by atoms with E-state index < -0.39 is 0 Å². The second kappa shape index (κ2) is 5.55. The first-order valence-electron chi connectivity index (χ1n) is 6.61. The van der Waals surface area contributed by atoms with Gasteiger partial charge >= 0.3 is 0 Å². The van der Waals surface area contributed by atoms with Crippen molar-refractivity contribution in [3.8, 4) is 0 Å². The minimum Gasteiger partial charge on any atom is -0.358 e. The van der Waals surface area contributed by atoms with Crippen LogP contribution >= 0.6 is 0 Å². The van der Waals surface area contributed by atoms with E-state index in [0.29, 0.717) is 12.1 Å². The van der Waals surface area contributed by atoms with Gasteiger partial charge in [0.15, 0.2) is 0 Å². The maximum atomic E-state index is 3.50. The van der Waals surface area contributed by atoms with Crippen molar-refractivity contribution in [1.82, 2.24) is 15.6 Å². The molecule has 0 bridgehead atoms. The summed E-state index contributed by atoms with van der Waals surface area (Å²) in [5.74, 6) is 0. The minimum absolute atomic E-state index is 0.337. The molecule has 2 aromatic rings. The van der Waals surface area contributed by atoms with Crippen molar-refractivity contribution in [2.45, 2.75) is 32.9 Å². The lowest BCUT2D eigenvalue weighted by molar-refractivity contribution is 0.492. The Morgan fingerprint density at radius 2 is 1.94 bits per heavy atom. The Bertz CT molecular complexity index is 513. The summed E-state index contributed by atoms with van der Waals surface area (Å²) in [5.41, 5.74) is 3.84. The molecule has 3 N–H and O–H groups in total. The molecule has 1 aromatic carbocycles. The number of aryl methyl sites for hydroxylation is 1. The molecule has 1 heterocycles. The highest BCUT2D eigenvalue weighted by atomic mass is 15.0. The molecule has 1 unspecified atom stereocenters. The summed E-state index contributed by atoms with van der Waals surface area (Å²) in [4.78, 5) is 3.46. The van der Waals surface area contributed by atoms with Crippen LogP contribution in [0.2, 0.25) is 0 Å². The maximum Gasteiger partial charge on any atom is 0.0468 e. The number of rotatable bonds is 5.